The molecule has 0 saturated heterocycles. The van der Waals surface area contributed by atoms with Gasteiger partial charge in [0, 0.05) is 30.9 Å². The standard InChI is InChI=1S/C20H15ClN4O4/c1-24(10-2-9-22)15-6-3-13(4-7-15)11-17-20(26)29-19(23-17)14-5-8-16(21)18(12-14)25(27)28/h3-8,11-12H,2,10H2,1H3/b17-11-. The Bertz CT molecular complexity index is 1070. The third-order valence-corrected chi connectivity index (χ3v) is 4.53. The molecule has 0 atom stereocenters. The maximum absolute atomic E-state index is 12.1. The van der Waals surface area contributed by atoms with Crippen LogP contribution in [0.5, 0.6) is 0 Å². The molecule has 0 bridgehead atoms. The Balaban J connectivity index is 1.83. The summed E-state index contributed by atoms with van der Waals surface area (Å²) in [6, 6.07) is 13.5. The minimum Gasteiger partial charge on any atom is -0.402 e. The summed E-state index contributed by atoms with van der Waals surface area (Å²) in [5.41, 5.74) is 1.75. The number of benzene rings is 2. The van der Waals surface area contributed by atoms with Crippen molar-refractivity contribution in [3.8, 4) is 6.07 Å². The number of cyclic esters (lactones) is 1. The van der Waals surface area contributed by atoms with Crippen molar-refractivity contribution in [2.24, 2.45) is 4.99 Å². The van der Waals surface area contributed by atoms with E-state index in [1.807, 2.05) is 36.2 Å². The lowest BCUT2D eigenvalue weighted by Crippen LogP contribution is -2.17. The van der Waals surface area contributed by atoms with Gasteiger partial charge in [-0.25, -0.2) is 9.79 Å². The molecule has 29 heavy (non-hydrogen) atoms. The van der Waals surface area contributed by atoms with Gasteiger partial charge in [-0.15, -0.1) is 0 Å². The quantitative estimate of drug-likeness (QED) is 0.309. The summed E-state index contributed by atoms with van der Waals surface area (Å²) in [5.74, 6) is -0.665. The fraction of sp³-hybridized carbons (Fsp3) is 0.150. The number of nitriles is 1. The second-order valence-corrected chi connectivity index (χ2v) is 6.59. The van der Waals surface area contributed by atoms with E-state index in [0.29, 0.717) is 13.0 Å². The van der Waals surface area contributed by atoms with Crippen LogP contribution in [0.15, 0.2) is 53.2 Å². The lowest BCUT2D eigenvalue weighted by Gasteiger charge is -2.17. The number of nitro groups is 1. The van der Waals surface area contributed by atoms with Gasteiger partial charge in [0.2, 0.25) is 5.90 Å². The number of hydrogen-bond donors (Lipinski definition) is 0. The van der Waals surface area contributed by atoms with E-state index >= 15 is 0 Å². The van der Waals surface area contributed by atoms with Gasteiger partial charge in [-0.2, -0.15) is 5.26 Å². The van der Waals surface area contributed by atoms with Gasteiger partial charge < -0.3 is 9.64 Å². The average Bonchev–Trinajstić information content (AvgIpc) is 3.07. The Hall–Kier alpha value is -3.70. The van der Waals surface area contributed by atoms with Crippen molar-refractivity contribution >= 4 is 40.9 Å². The van der Waals surface area contributed by atoms with Crippen LogP contribution >= 0.6 is 11.6 Å². The first-order valence-corrected chi connectivity index (χ1v) is 8.92. The van der Waals surface area contributed by atoms with Crippen LogP contribution in [0.25, 0.3) is 6.08 Å². The van der Waals surface area contributed by atoms with Crippen LogP contribution in [0.4, 0.5) is 11.4 Å². The third-order valence-electron chi connectivity index (χ3n) is 4.21. The van der Waals surface area contributed by atoms with E-state index in [1.54, 1.807) is 6.08 Å². The van der Waals surface area contributed by atoms with Gasteiger partial charge in [0.25, 0.3) is 5.69 Å². The van der Waals surface area contributed by atoms with Gasteiger partial charge in [0.15, 0.2) is 5.70 Å². The number of aliphatic imine (C=N–C) groups is 1. The van der Waals surface area contributed by atoms with Crippen molar-refractivity contribution in [2.45, 2.75) is 6.42 Å². The van der Waals surface area contributed by atoms with E-state index in [0.717, 1.165) is 11.3 Å². The first kappa shape index (κ1) is 20.0. The summed E-state index contributed by atoms with van der Waals surface area (Å²) in [6.45, 7) is 0.615. The van der Waals surface area contributed by atoms with Crippen LogP contribution in [0.3, 0.4) is 0 Å². The van der Waals surface area contributed by atoms with Crippen molar-refractivity contribution in [1.82, 2.24) is 0 Å². The van der Waals surface area contributed by atoms with Crippen molar-refractivity contribution < 1.29 is 14.5 Å². The molecule has 1 heterocycles. The summed E-state index contributed by atoms with van der Waals surface area (Å²) in [7, 11) is 1.89. The Morgan fingerprint density at radius 1 is 1.31 bits per heavy atom. The Labute approximate surface area is 171 Å². The summed E-state index contributed by atoms with van der Waals surface area (Å²) in [5, 5.41) is 19.7. The number of carbonyl (C=O) groups is 1. The van der Waals surface area contributed by atoms with E-state index in [4.69, 9.17) is 21.6 Å². The molecule has 0 radical (unpaired) electrons. The molecule has 0 unspecified atom stereocenters. The molecule has 0 aliphatic carbocycles. The average molecular weight is 411 g/mol. The number of carbonyl (C=O) groups excluding carboxylic acids is 1. The van der Waals surface area contributed by atoms with Gasteiger partial charge >= 0.3 is 5.97 Å². The molecule has 1 aliphatic heterocycles. The summed E-state index contributed by atoms with van der Waals surface area (Å²) < 4.78 is 5.15. The predicted octanol–water partition coefficient (Wildman–Crippen LogP) is 3.94. The molecule has 146 valence electrons. The monoisotopic (exact) mass is 410 g/mol. The number of esters is 1. The molecule has 3 rings (SSSR count). The lowest BCUT2D eigenvalue weighted by molar-refractivity contribution is -0.384. The number of nitrogens with zero attached hydrogens (tertiary/aromatic N) is 4. The molecule has 0 N–H and O–H groups in total. The highest BCUT2D eigenvalue weighted by Gasteiger charge is 2.26. The van der Waals surface area contributed by atoms with Crippen LogP contribution in [-0.2, 0) is 9.53 Å². The summed E-state index contributed by atoms with van der Waals surface area (Å²) >= 11 is 5.81. The first-order valence-electron chi connectivity index (χ1n) is 8.54. The maximum atomic E-state index is 12.1. The van der Waals surface area contributed by atoms with Gasteiger partial charge in [-0.1, -0.05) is 23.7 Å². The predicted molar refractivity (Wildman–Crippen MR) is 109 cm³/mol. The first-order chi connectivity index (χ1) is 13.9. The number of rotatable bonds is 6. The van der Waals surface area contributed by atoms with E-state index < -0.39 is 10.9 Å². The zero-order valence-electron chi connectivity index (χ0n) is 15.3. The van der Waals surface area contributed by atoms with Crippen LogP contribution in [0, 0.1) is 21.4 Å². The smallest absolute Gasteiger partial charge is 0.363 e. The number of anilines is 1. The van der Waals surface area contributed by atoms with Crippen molar-refractivity contribution in [3.05, 3.63) is 74.4 Å². The molecule has 0 aromatic heterocycles. The second-order valence-electron chi connectivity index (χ2n) is 6.18. The summed E-state index contributed by atoms with van der Waals surface area (Å²) in [6.07, 6.45) is 1.99. The molecule has 0 amide bonds. The van der Waals surface area contributed by atoms with Crippen molar-refractivity contribution in [1.29, 1.82) is 5.26 Å². The maximum Gasteiger partial charge on any atom is 0.363 e. The van der Waals surface area contributed by atoms with Gasteiger partial charge in [0.1, 0.15) is 5.02 Å². The fourth-order valence-corrected chi connectivity index (χ4v) is 2.83. The summed E-state index contributed by atoms with van der Waals surface area (Å²) in [4.78, 5) is 28.7. The Morgan fingerprint density at radius 3 is 2.69 bits per heavy atom. The Kier molecular flexibility index (Phi) is 5.90. The van der Waals surface area contributed by atoms with Gasteiger partial charge in [0.05, 0.1) is 17.4 Å². The van der Waals surface area contributed by atoms with E-state index in [9.17, 15) is 14.9 Å². The van der Waals surface area contributed by atoms with E-state index in [1.165, 1.54) is 18.2 Å². The van der Waals surface area contributed by atoms with Crippen LogP contribution < -0.4 is 4.90 Å². The fourth-order valence-electron chi connectivity index (χ4n) is 2.65. The highest BCUT2D eigenvalue weighted by atomic mass is 35.5. The zero-order valence-corrected chi connectivity index (χ0v) is 16.1. The number of nitro benzene ring substituents is 1. The number of hydrogen-bond acceptors (Lipinski definition) is 7. The topological polar surface area (TPSA) is 109 Å². The van der Waals surface area contributed by atoms with Crippen LogP contribution in [-0.4, -0.2) is 30.4 Å². The van der Waals surface area contributed by atoms with Crippen LogP contribution in [0.2, 0.25) is 5.02 Å². The lowest BCUT2D eigenvalue weighted by atomic mass is 10.1. The normalized spacial score (nSPS) is 14.3. The van der Waals surface area contributed by atoms with E-state index in [2.05, 4.69) is 11.1 Å². The molecule has 9 heteroatoms. The molecule has 0 saturated carbocycles. The van der Waals surface area contributed by atoms with Gasteiger partial charge in [-0.3, -0.25) is 10.1 Å². The van der Waals surface area contributed by atoms with Gasteiger partial charge in [-0.05, 0) is 35.9 Å². The van der Waals surface area contributed by atoms with Crippen molar-refractivity contribution in [2.75, 3.05) is 18.5 Å². The molecular formula is C20H15ClN4O4. The zero-order chi connectivity index (χ0) is 21.0. The number of halogens is 1. The largest absolute Gasteiger partial charge is 0.402 e. The molecule has 1 aliphatic rings. The number of ether oxygens (including phenoxy) is 1. The molecule has 0 spiro atoms. The molecule has 2 aromatic rings. The molecular weight excluding hydrogens is 396 g/mol. The Morgan fingerprint density at radius 2 is 2.03 bits per heavy atom. The molecule has 8 nitrogen and oxygen atoms in total. The minimum atomic E-state index is -0.646. The highest BCUT2D eigenvalue weighted by molar-refractivity contribution is 6.32. The SMILES string of the molecule is CN(CCC#N)c1ccc(/C=C2\N=C(c3ccc(Cl)c([N+](=O)[O-])c3)OC2=O)cc1. The molecule has 0 fully saturated rings. The highest BCUT2D eigenvalue weighted by Crippen LogP contribution is 2.27. The third kappa shape index (κ3) is 4.59. The minimum absolute atomic E-state index is 0.0146. The molecule has 2 aromatic carbocycles. The second kappa shape index (κ2) is 8.54. The van der Waals surface area contributed by atoms with E-state index in [-0.39, 0.29) is 27.9 Å². The van der Waals surface area contributed by atoms with Crippen molar-refractivity contribution in [3.63, 3.8) is 0 Å². The van der Waals surface area contributed by atoms with Crippen LogP contribution in [0.1, 0.15) is 17.5 Å².